The molecule has 0 aliphatic carbocycles. The lowest BCUT2D eigenvalue weighted by atomic mass is 10.0. The molecule has 0 aliphatic heterocycles. The summed E-state index contributed by atoms with van der Waals surface area (Å²) in [5.41, 5.74) is 6.94. The van der Waals surface area contributed by atoms with Gasteiger partial charge in [-0.05, 0) is 68.5 Å². The van der Waals surface area contributed by atoms with Crippen molar-refractivity contribution in [1.82, 2.24) is 9.55 Å². The van der Waals surface area contributed by atoms with Crippen LogP contribution in [0.1, 0.15) is 41.9 Å². The molecule has 0 atom stereocenters. The molecule has 0 bridgehead atoms. The molecule has 30 heavy (non-hydrogen) atoms. The number of amides is 1. The van der Waals surface area contributed by atoms with Crippen molar-refractivity contribution in [2.45, 2.75) is 54.2 Å². The molecule has 1 heterocycles. The number of aliphatic hydroxyl groups is 1. The maximum atomic E-state index is 13.5. The van der Waals surface area contributed by atoms with E-state index in [1.807, 2.05) is 62.6 Å². The summed E-state index contributed by atoms with van der Waals surface area (Å²) in [6.45, 7) is 10.6. The number of hydrogen-bond donors (Lipinski definition) is 1. The van der Waals surface area contributed by atoms with Crippen LogP contribution in [0.3, 0.4) is 0 Å². The summed E-state index contributed by atoms with van der Waals surface area (Å²) >= 11 is 0. The molecular formula is C24H31N3O3. The fourth-order valence-corrected chi connectivity index (χ4v) is 3.78. The van der Waals surface area contributed by atoms with Crippen LogP contribution in [0.2, 0.25) is 0 Å². The van der Waals surface area contributed by atoms with Gasteiger partial charge in [0.05, 0.1) is 16.7 Å². The third-order valence-corrected chi connectivity index (χ3v) is 5.58. The van der Waals surface area contributed by atoms with E-state index in [2.05, 4.69) is 11.9 Å². The largest absolute Gasteiger partial charge is 0.388 e. The summed E-state index contributed by atoms with van der Waals surface area (Å²) in [6, 6.07) is 10.1. The number of anilines is 1. The predicted molar refractivity (Wildman–Crippen MR) is 120 cm³/mol. The van der Waals surface area contributed by atoms with E-state index in [4.69, 9.17) is 4.74 Å². The normalized spacial score (nSPS) is 11.3. The molecule has 3 aromatic rings. The van der Waals surface area contributed by atoms with Crippen molar-refractivity contribution in [3.8, 4) is 0 Å². The number of rotatable bonds is 8. The molecule has 0 aliphatic rings. The summed E-state index contributed by atoms with van der Waals surface area (Å²) < 4.78 is 7.47. The minimum absolute atomic E-state index is 0.0828. The van der Waals surface area contributed by atoms with Crippen LogP contribution in [-0.4, -0.2) is 33.9 Å². The smallest absolute Gasteiger partial charge is 0.248 e. The molecule has 1 amide bonds. The first-order valence-corrected chi connectivity index (χ1v) is 10.4. The van der Waals surface area contributed by atoms with Gasteiger partial charge in [-0.15, -0.1) is 0 Å². The van der Waals surface area contributed by atoms with Crippen LogP contribution in [0.5, 0.6) is 0 Å². The van der Waals surface area contributed by atoms with E-state index in [1.54, 1.807) is 4.90 Å². The standard InChI is InChI=1S/C24H31N3O3/c1-6-19-10-8-9-16(3)24(19)27(15-30-7-2)23(29)13-26-21-12-18(5)17(4)11-20(21)25-22(26)14-28/h8-12,28H,6-7,13-15H2,1-5H3. The van der Waals surface area contributed by atoms with Crippen LogP contribution >= 0.6 is 0 Å². The van der Waals surface area contributed by atoms with E-state index in [1.165, 1.54) is 0 Å². The molecular weight excluding hydrogens is 378 g/mol. The minimum atomic E-state index is -0.226. The summed E-state index contributed by atoms with van der Waals surface area (Å²) in [4.78, 5) is 19.8. The van der Waals surface area contributed by atoms with Crippen molar-refractivity contribution in [2.75, 3.05) is 18.2 Å². The quantitative estimate of drug-likeness (QED) is 0.570. The molecule has 0 saturated heterocycles. The number of hydrogen-bond acceptors (Lipinski definition) is 4. The summed E-state index contributed by atoms with van der Waals surface area (Å²) in [6.07, 6.45) is 0.821. The predicted octanol–water partition coefficient (Wildman–Crippen LogP) is 4.04. The summed E-state index contributed by atoms with van der Waals surface area (Å²) in [5.74, 6) is 0.389. The first-order valence-electron chi connectivity index (χ1n) is 10.4. The Hall–Kier alpha value is -2.70. The zero-order chi connectivity index (χ0) is 21.8. The third kappa shape index (κ3) is 4.25. The van der Waals surface area contributed by atoms with Crippen LogP contribution in [0.25, 0.3) is 11.0 Å². The highest BCUT2D eigenvalue weighted by Gasteiger charge is 2.23. The van der Waals surface area contributed by atoms with Crippen LogP contribution < -0.4 is 4.90 Å². The zero-order valence-corrected chi connectivity index (χ0v) is 18.5. The number of fused-ring (bicyclic) bond motifs is 1. The lowest BCUT2D eigenvalue weighted by molar-refractivity contribution is -0.120. The number of aromatic nitrogens is 2. The second-order valence-electron chi connectivity index (χ2n) is 7.58. The molecule has 1 aromatic heterocycles. The number of para-hydroxylation sites is 1. The fraction of sp³-hybridized carbons (Fsp3) is 0.417. The van der Waals surface area contributed by atoms with Gasteiger partial charge in [0.15, 0.2) is 0 Å². The van der Waals surface area contributed by atoms with E-state index in [-0.39, 0.29) is 25.8 Å². The van der Waals surface area contributed by atoms with E-state index in [9.17, 15) is 9.90 Å². The van der Waals surface area contributed by atoms with Crippen LogP contribution in [0.15, 0.2) is 30.3 Å². The lowest BCUT2D eigenvalue weighted by Crippen LogP contribution is -2.37. The number of aryl methyl sites for hydroxylation is 4. The first kappa shape index (κ1) is 22.0. The van der Waals surface area contributed by atoms with Gasteiger partial charge in [-0.1, -0.05) is 25.1 Å². The number of benzene rings is 2. The number of imidazole rings is 1. The van der Waals surface area contributed by atoms with Crippen molar-refractivity contribution in [3.63, 3.8) is 0 Å². The summed E-state index contributed by atoms with van der Waals surface area (Å²) in [7, 11) is 0. The molecule has 0 fully saturated rings. The van der Waals surface area contributed by atoms with Gasteiger partial charge < -0.3 is 14.4 Å². The van der Waals surface area contributed by atoms with Gasteiger partial charge in [0.25, 0.3) is 0 Å². The van der Waals surface area contributed by atoms with Gasteiger partial charge >= 0.3 is 0 Å². The molecule has 0 saturated carbocycles. The topological polar surface area (TPSA) is 67.6 Å². The molecule has 2 aromatic carbocycles. The third-order valence-electron chi connectivity index (χ3n) is 5.58. The Labute approximate surface area is 178 Å². The maximum absolute atomic E-state index is 13.5. The van der Waals surface area contributed by atoms with E-state index in [0.29, 0.717) is 12.4 Å². The second-order valence-corrected chi connectivity index (χ2v) is 7.58. The van der Waals surface area contributed by atoms with Crippen molar-refractivity contribution in [3.05, 3.63) is 58.4 Å². The van der Waals surface area contributed by atoms with Crippen molar-refractivity contribution in [2.24, 2.45) is 0 Å². The summed E-state index contributed by atoms with van der Waals surface area (Å²) in [5, 5.41) is 9.86. The highest BCUT2D eigenvalue weighted by molar-refractivity contribution is 5.95. The maximum Gasteiger partial charge on any atom is 0.248 e. The molecule has 0 unspecified atom stereocenters. The monoisotopic (exact) mass is 409 g/mol. The first-order chi connectivity index (χ1) is 14.4. The van der Waals surface area contributed by atoms with Gasteiger partial charge in [0.1, 0.15) is 25.7 Å². The number of ether oxygens (including phenoxy) is 1. The molecule has 1 N–H and O–H groups in total. The molecule has 6 nitrogen and oxygen atoms in total. The van der Waals surface area contributed by atoms with Crippen molar-refractivity contribution >= 4 is 22.6 Å². The molecule has 3 rings (SSSR count). The van der Waals surface area contributed by atoms with Crippen molar-refractivity contribution in [1.29, 1.82) is 0 Å². The van der Waals surface area contributed by atoms with Crippen LogP contribution in [-0.2, 0) is 29.1 Å². The molecule has 160 valence electrons. The van der Waals surface area contributed by atoms with E-state index in [0.717, 1.165) is 45.4 Å². The Balaban J connectivity index is 2.04. The highest BCUT2D eigenvalue weighted by Crippen LogP contribution is 2.27. The number of carbonyl (C=O) groups excluding carboxylic acids is 1. The second kappa shape index (κ2) is 9.41. The Morgan fingerprint density at radius 3 is 2.53 bits per heavy atom. The Morgan fingerprint density at radius 1 is 1.13 bits per heavy atom. The SMILES string of the molecule is CCOCN(C(=O)Cn1c(CO)nc2cc(C)c(C)cc21)c1c(C)cccc1CC. The lowest BCUT2D eigenvalue weighted by Gasteiger charge is -2.27. The zero-order valence-electron chi connectivity index (χ0n) is 18.5. The average Bonchev–Trinajstić information content (AvgIpc) is 3.05. The number of carbonyl (C=O) groups is 1. The Bertz CT molecular complexity index is 1060. The molecule has 0 radical (unpaired) electrons. The van der Waals surface area contributed by atoms with Crippen LogP contribution in [0.4, 0.5) is 5.69 Å². The van der Waals surface area contributed by atoms with Gasteiger partial charge in [0.2, 0.25) is 5.91 Å². The Kier molecular flexibility index (Phi) is 6.90. The van der Waals surface area contributed by atoms with Crippen molar-refractivity contribution < 1.29 is 14.6 Å². The highest BCUT2D eigenvalue weighted by atomic mass is 16.5. The number of aliphatic hydroxyl groups excluding tert-OH is 1. The van der Waals surface area contributed by atoms with E-state index >= 15 is 0 Å². The fourth-order valence-electron chi connectivity index (χ4n) is 3.78. The molecule has 6 heteroatoms. The average molecular weight is 410 g/mol. The van der Waals surface area contributed by atoms with Crippen LogP contribution in [0, 0.1) is 20.8 Å². The van der Waals surface area contributed by atoms with E-state index < -0.39 is 0 Å². The minimum Gasteiger partial charge on any atom is -0.388 e. The number of nitrogens with zero attached hydrogens (tertiary/aromatic N) is 3. The van der Waals surface area contributed by atoms with Gasteiger partial charge in [-0.2, -0.15) is 0 Å². The van der Waals surface area contributed by atoms with Gasteiger partial charge in [-0.25, -0.2) is 4.98 Å². The van der Waals surface area contributed by atoms with Gasteiger partial charge in [0, 0.05) is 6.61 Å². The Morgan fingerprint density at radius 2 is 1.87 bits per heavy atom. The molecule has 0 spiro atoms. The van der Waals surface area contributed by atoms with Gasteiger partial charge in [-0.3, -0.25) is 9.69 Å².